The molecule has 0 aliphatic carbocycles. The van der Waals surface area contributed by atoms with Crippen LogP contribution in [0.2, 0.25) is 0 Å². The van der Waals surface area contributed by atoms with Gasteiger partial charge in [-0.15, -0.1) is 0 Å². The number of rotatable bonds is 6. The average molecular weight is 344 g/mol. The van der Waals surface area contributed by atoms with Crippen molar-refractivity contribution in [1.29, 1.82) is 0 Å². The molecule has 1 N–H and O–H groups in total. The second-order valence-corrected chi connectivity index (χ2v) is 5.30. The zero-order valence-corrected chi connectivity index (χ0v) is 14.5. The lowest BCUT2D eigenvalue weighted by molar-refractivity contribution is 0.0774. The third kappa shape index (κ3) is 3.96. The van der Waals surface area contributed by atoms with E-state index < -0.39 is 11.7 Å². The van der Waals surface area contributed by atoms with Crippen LogP contribution in [0.1, 0.15) is 34.6 Å². The smallest absolute Gasteiger partial charge is 0.258 e. The van der Waals surface area contributed by atoms with Crippen LogP contribution in [0.4, 0.5) is 10.1 Å². The fourth-order valence-electron chi connectivity index (χ4n) is 2.49. The molecular formula is C19H21FN2O3. The first-order chi connectivity index (χ1) is 12.0. The first-order valence-corrected chi connectivity index (χ1v) is 8.05. The SMILES string of the molecule is CCN(CC)C(=O)c1ccccc1NC(=O)c1cccc(OC)c1F. The first-order valence-electron chi connectivity index (χ1n) is 8.05. The fourth-order valence-corrected chi connectivity index (χ4v) is 2.49. The second-order valence-electron chi connectivity index (χ2n) is 5.30. The Morgan fingerprint density at radius 1 is 1.04 bits per heavy atom. The summed E-state index contributed by atoms with van der Waals surface area (Å²) >= 11 is 0. The highest BCUT2D eigenvalue weighted by Gasteiger charge is 2.20. The molecular weight excluding hydrogens is 323 g/mol. The van der Waals surface area contributed by atoms with Gasteiger partial charge in [-0.1, -0.05) is 18.2 Å². The molecule has 0 saturated carbocycles. The molecule has 2 amide bonds. The summed E-state index contributed by atoms with van der Waals surface area (Å²) in [7, 11) is 1.33. The molecule has 25 heavy (non-hydrogen) atoms. The molecule has 2 aromatic carbocycles. The van der Waals surface area contributed by atoms with E-state index in [0.29, 0.717) is 24.3 Å². The van der Waals surface area contributed by atoms with Gasteiger partial charge in [-0.3, -0.25) is 9.59 Å². The molecule has 5 nitrogen and oxygen atoms in total. The Hall–Kier alpha value is -2.89. The van der Waals surface area contributed by atoms with Crippen molar-refractivity contribution in [3.05, 3.63) is 59.4 Å². The zero-order chi connectivity index (χ0) is 18.4. The Morgan fingerprint density at radius 3 is 2.32 bits per heavy atom. The highest BCUT2D eigenvalue weighted by molar-refractivity contribution is 6.09. The van der Waals surface area contributed by atoms with Crippen molar-refractivity contribution in [3.8, 4) is 5.75 Å². The van der Waals surface area contributed by atoms with Gasteiger partial charge in [0.15, 0.2) is 11.6 Å². The Bertz CT molecular complexity index is 773. The maximum absolute atomic E-state index is 14.3. The van der Waals surface area contributed by atoms with Crippen molar-refractivity contribution in [2.75, 3.05) is 25.5 Å². The van der Waals surface area contributed by atoms with E-state index in [1.54, 1.807) is 29.2 Å². The number of carbonyl (C=O) groups excluding carboxylic acids is 2. The second kappa shape index (κ2) is 8.28. The number of carbonyl (C=O) groups is 2. The Morgan fingerprint density at radius 2 is 1.68 bits per heavy atom. The van der Waals surface area contributed by atoms with Gasteiger partial charge in [0.1, 0.15) is 0 Å². The minimum atomic E-state index is -0.741. The van der Waals surface area contributed by atoms with E-state index in [9.17, 15) is 14.0 Å². The van der Waals surface area contributed by atoms with Crippen LogP contribution in [-0.2, 0) is 0 Å². The molecule has 0 aliphatic heterocycles. The van der Waals surface area contributed by atoms with Gasteiger partial charge in [0.25, 0.3) is 11.8 Å². The van der Waals surface area contributed by atoms with Crippen LogP contribution < -0.4 is 10.1 Å². The maximum atomic E-state index is 14.3. The molecule has 0 aliphatic rings. The van der Waals surface area contributed by atoms with E-state index in [1.165, 1.54) is 25.3 Å². The van der Waals surface area contributed by atoms with Crippen molar-refractivity contribution in [3.63, 3.8) is 0 Å². The van der Waals surface area contributed by atoms with E-state index >= 15 is 0 Å². The number of anilines is 1. The highest BCUT2D eigenvalue weighted by atomic mass is 19.1. The van der Waals surface area contributed by atoms with Gasteiger partial charge in [0, 0.05) is 13.1 Å². The highest BCUT2D eigenvalue weighted by Crippen LogP contribution is 2.23. The Kier molecular flexibility index (Phi) is 6.11. The van der Waals surface area contributed by atoms with Crippen LogP contribution in [0.15, 0.2) is 42.5 Å². The third-order valence-corrected chi connectivity index (χ3v) is 3.88. The van der Waals surface area contributed by atoms with Gasteiger partial charge in [-0.2, -0.15) is 0 Å². The van der Waals surface area contributed by atoms with Crippen LogP contribution in [0.5, 0.6) is 5.75 Å². The molecule has 6 heteroatoms. The number of benzene rings is 2. The number of ether oxygens (including phenoxy) is 1. The van der Waals surface area contributed by atoms with Crippen LogP contribution in [0, 0.1) is 5.82 Å². The summed E-state index contributed by atoms with van der Waals surface area (Å²) in [6.45, 7) is 4.88. The molecule has 0 bridgehead atoms. The lowest BCUT2D eigenvalue weighted by Gasteiger charge is -2.20. The Balaban J connectivity index is 2.32. The van der Waals surface area contributed by atoms with Crippen molar-refractivity contribution in [2.24, 2.45) is 0 Å². The normalized spacial score (nSPS) is 10.2. The van der Waals surface area contributed by atoms with Gasteiger partial charge in [-0.25, -0.2) is 4.39 Å². The van der Waals surface area contributed by atoms with E-state index in [0.717, 1.165) is 0 Å². The van der Waals surface area contributed by atoms with E-state index in [4.69, 9.17) is 4.74 Å². The molecule has 0 saturated heterocycles. The maximum Gasteiger partial charge on any atom is 0.258 e. The van der Waals surface area contributed by atoms with Crippen LogP contribution in [-0.4, -0.2) is 36.9 Å². The quantitative estimate of drug-likeness (QED) is 0.871. The molecule has 0 aromatic heterocycles. The summed E-state index contributed by atoms with van der Waals surface area (Å²) in [5.41, 5.74) is 0.555. The predicted octanol–water partition coefficient (Wildman–Crippen LogP) is 3.57. The number of para-hydroxylation sites is 1. The largest absolute Gasteiger partial charge is 0.494 e. The Labute approximate surface area is 146 Å². The average Bonchev–Trinajstić information content (AvgIpc) is 2.63. The van der Waals surface area contributed by atoms with Gasteiger partial charge in [0.05, 0.1) is 23.9 Å². The number of amides is 2. The first kappa shape index (κ1) is 18.4. The standard InChI is InChI=1S/C19H21FN2O3/c1-4-22(5-2)19(24)13-9-6-7-11-15(13)21-18(23)14-10-8-12-16(25-3)17(14)20/h6-12H,4-5H2,1-3H3,(H,21,23). The van der Waals surface area contributed by atoms with Crippen molar-refractivity contribution >= 4 is 17.5 Å². The molecule has 0 radical (unpaired) electrons. The minimum absolute atomic E-state index is 0.0137. The van der Waals surface area contributed by atoms with Gasteiger partial charge >= 0.3 is 0 Å². The monoisotopic (exact) mass is 344 g/mol. The van der Waals surface area contributed by atoms with Crippen LogP contribution in [0.3, 0.4) is 0 Å². The third-order valence-electron chi connectivity index (χ3n) is 3.88. The van der Waals surface area contributed by atoms with Gasteiger partial charge < -0.3 is 15.0 Å². The van der Waals surface area contributed by atoms with E-state index in [2.05, 4.69) is 5.32 Å². The molecule has 2 rings (SSSR count). The number of hydrogen-bond acceptors (Lipinski definition) is 3. The number of nitrogens with zero attached hydrogens (tertiary/aromatic N) is 1. The van der Waals surface area contributed by atoms with Crippen LogP contribution in [0.25, 0.3) is 0 Å². The van der Waals surface area contributed by atoms with E-state index in [-0.39, 0.29) is 17.2 Å². The molecule has 0 unspecified atom stereocenters. The van der Waals surface area contributed by atoms with Crippen LogP contribution >= 0.6 is 0 Å². The minimum Gasteiger partial charge on any atom is -0.494 e. The topological polar surface area (TPSA) is 58.6 Å². The van der Waals surface area contributed by atoms with Gasteiger partial charge in [0.2, 0.25) is 0 Å². The summed E-state index contributed by atoms with van der Waals surface area (Å²) in [6.07, 6.45) is 0. The summed E-state index contributed by atoms with van der Waals surface area (Å²) in [5, 5.41) is 2.62. The molecule has 0 fully saturated rings. The van der Waals surface area contributed by atoms with Crippen molar-refractivity contribution < 1.29 is 18.7 Å². The molecule has 0 atom stereocenters. The lowest BCUT2D eigenvalue weighted by Crippen LogP contribution is -2.31. The predicted molar refractivity (Wildman–Crippen MR) is 94.6 cm³/mol. The molecule has 0 spiro atoms. The molecule has 132 valence electrons. The van der Waals surface area contributed by atoms with Crippen molar-refractivity contribution in [1.82, 2.24) is 4.90 Å². The summed E-state index contributed by atoms with van der Waals surface area (Å²) in [6, 6.07) is 11.0. The number of hydrogen-bond donors (Lipinski definition) is 1. The van der Waals surface area contributed by atoms with Gasteiger partial charge in [-0.05, 0) is 38.1 Å². The summed E-state index contributed by atoms with van der Waals surface area (Å²) in [5.74, 6) is -1.58. The number of halogens is 1. The van der Waals surface area contributed by atoms with E-state index in [1.807, 2.05) is 13.8 Å². The molecule has 0 heterocycles. The summed E-state index contributed by atoms with van der Waals surface area (Å²) in [4.78, 5) is 26.7. The number of methoxy groups -OCH3 is 1. The fraction of sp³-hybridized carbons (Fsp3) is 0.263. The lowest BCUT2D eigenvalue weighted by atomic mass is 10.1. The zero-order valence-electron chi connectivity index (χ0n) is 14.5. The number of nitrogens with one attached hydrogen (secondary N) is 1. The summed E-state index contributed by atoms with van der Waals surface area (Å²) < 4.78 is 19.2. The van der Waals surface area contributed by atoms with Crippen molar-refractivity contribution in [2.45, 2.75) is 13.8 Å². The molecule has 2 aromatic rings.